The second kappa shape index (κ2) is 10.8. The molecule has 3 aromatic rings. The highest BCUT2D eigenvalue weighted by atomic mass is 32.2. The summed E-state index contributed by atoms with van der Waals surface area (Å²) < 4.78 is 5.11. The van der Waals surface area contributed by atoms with Crippen LogP contribution in [0, 0.1) is 6.92 Å². The van der Waals surface area contributed by atoms with E-state index in [9.17, 15) is 9.59 Å². The molecule has 0 unspecified atom stereocenters. The molecule has 0 saturated heterocycles. The first-order valence-electron chi connectivity index (χ1n) is 9.17. The number of nitrogens with one attached hydrogen (secondary N) is 1. The highest BCUT2D eigenvalue weighted by Crippen LogP contribution is 2.22. The Kier molecular flexibility index (Phi) is 7.87. The standard InChI is InChI=1S/C22H21N3O3S2/c1-15-12-21(29-14-20(27)24-17-8-10-18(28-2)11-9-17)25-22(23-15)30-13-19(26)16-6-4-3-5-7-16/h3-12H,13-14H2,1-2H3,(H,24,27). The third-order valence-corrected chi connectivity index (χ3v) is 5.72. The maximum absolute atomic E-state index is 12.3. The molecule has 0 atom stereocenters. The van der Waals surface area contributed by atoms with E-state index in [1.54, 1.807) is 43.5 Å². The first-order chi connectivity index (χ1) is 14.5. The summed E-state index contributed by atoms with van der Waals surface area (Å²) in [5.41, 5.74) is 2.16. The largest absolute Gasteiger partial charge is 0.497 e. The molecule has 6 nitrogen and oxygen atoms in total. The average molecular weight is 440 g/mol. The van der Waals surface area contributed by atoms with Crippen LogP contribution in [0.15, 0.2) is 70.8 Å². The third kappa shape index (κ3) is 6.60. The number of carbonyl (C=O) groups is 2. The van der Waals surface area contributed by atoms with Gasteiger partial charge in [-0.3, -0.25) is 9.59 Å². The topological polar surface area (TPSA) is 81.2 Å². The number of anilines is 1. The Labute approximate surface area is 183 Å². The molecule has 0 bridgehead atoms. The van der Waals surface area contributed by atoms with Crippen LogP contribution < -0.4 is 10.1 Å². The zero-order valence-electron chi connectivity index (χ0n) is 16.6. The molecule has 30 heavy (non-hydrogen) atoms. The minimum absolute atomic E-state index is 0.0266. The molecular weight excluding hydrogens is 418 g/mol. The fourth-order valence-corrected chi connectivity index (χ4v) is 4.11. The summed E-state index contributed by atoms with van der Waals surface area (Å²) in [5.74, 6) is 1.11. The monoisotopic (exact) mass is 439 g/mol. The summed E-state index contributed by atoms with van der Waals surface area (Å²) >= 11 is 2.62. The number of benzene rings is 2. The molecular formula is C22H21N3O3S2. The van der Waals surface area contributed by atoms with Crippen molar-refractivity contribution in [2.24, 2.45) is 0 Å². The molecule has 0 aliphatic carbocycles. The van der Waals surface area contributed by atoms with Crippen LogP contribution in [0.1, 0.15) is 16.1 Å². The predicted molar refractivity (Wildman–Crippen MR) is 121 cm³/mol. The van der Waals surface area contributed by atoms with Gasteiger partial charge in [-0.15, -0.1) is 0 Å². The van der Waals surface area contributed by atoms with E-state index in [-0.39, 0.29) is 23.2 Å². The number of amides is 1. The van der Waals surface area contributed by atoms with Gasteiger partial charge in [0.25, 0.3) is 0 Å². The van der Waals surface area contributed by atoms with Gasteiger partial charge in [0.2, 0.25) is 5.91 Å². The zero-order valence-corrected chi connectivity index (χ0v) is 18.3. The summed E-state index contributed by atoms with van der Waals surface area (Å²) in [6, 6.07) is 18.1. The minimum Gasteiger partial charge on any atom is -0.497 e. The number of methoxy groups -OCH3 is 1. The second-order valence-corrected chi connectivity index (χ2v) is 8.21. The number of aryl methyl sites for hydroxylation is 1. The van der Waals surface area contributed by atoms with Gasteiger partial charge in [-0.2, -0.15) is 0 Å². The highest BCUT2D eigenvalue weighted by molar-refractivity contribution is 8.00. The van der Waals surface area contributed by atoms with Crippen molar-refractivity contribution in [1.29, 1.82) is 0 Å². The average Bonchev–Trinajstić information content (AvgIpc) is 2.77. The Morgan fingerprint density at radius 2 is 1.70 bits per heavy atom. The lowest BCUT2D eigenvalue weighted by Crippen LogP contribution is -2.14. The Bertz CT molecular complexity index is 1010. The van der Waals surface area contributed by atoms with E-state index in [0.717, 1.165) is 11.4 Å². The first-order valence-corrected chi connectivity index (χ1v) is 11.1. The van der Waals surface area contributed by atoms with E-state index >= 15 is 0 Å². The van der Waals surface area contributed by atoms with Crippen molar-refractivity contribution >= 4 is 40.9 Å². The number of carbonyl (C=O) groups excluding carboxylic acids is 2. The summed E-state index contributed by atoms with van der Waals surface area (Å²) in [6.45, 7) is 1.87. The van der Waals surface area contributed by atoms with Crippen molar-refractivity contribution in [1.82, 2.24) is 9.97 Å². The maximum Gasteiger partial charge on any atom is 0.234 e. The van der Waals surface area contributed by atoms with Crippen molar-refractivity contribution in [2.75, 3.05) is 23.9 Å². The van der Waals surface area contributed by atoms with Crippen LogP contribution in [-0.2, 0) is 4.79 Å². The zero-order chi connectivity index (χ0) is 21.3. The number of hydrogen-bond donors (Lipinski definition) is 1. The molecule has 3 rings (SSSR count). The Morgan fingerprint density at radius 1 is 0.967 bits per heavy atom. The van der Waals surface area contributed by atoms with Gasteiger partial charge in [0.05, 0.1) is 18.6 Å². The molecule has 0 radical (unpaired) electrons. The van der Waals surface area contributed by atoms with Crippen molar-refractivity contribution < 1.29 is 14.3 Å². The quantitative estimate of drug-likeness (QED) is 0.227. The number of ether oxygens (including phenoxy) is 1. The van der Waals surface area contributed by atoms with Gasteiger partial charge in [0, 0.05) is 16.9 Å². The number of aromatic nitrogens is 2. The van der Waals surface area contributed by atoms with E-state index in [1.165, 1.54) is 23.5 Å². The molecule has 0 fully saturated rings. The summed E-state index contributed by atoms with van der Waals surface area (Å²) in [5, 5.41) is 4.06. The Balaban J connectivity index is 1.54. The van der Waals surface area contributed by atoms with Gasteiger partial charge in [0.1, 0.15) is 10.8 Å². The van der Waals surface area contributed by atoms with E-state index < -0.39 is 0 Å². The van der Waals surface area contributed by atoms with Gasteiger partial charge in [-0.1, -0.05) is 53.9 Å². The number of thioether (sulfide) groups is 2. The van der Waals surface area contributed by atoms with Crippen molar-refractivity contribution in [2.45, 2.75) is 17.1 Å². The minimum atomic E-state index is -0.130. The molecule has 0 spiro atoms. The van der Waals surface area contributed by atoms with Crippen molar-refractivity contribution in [3.05, 3.63) is 71.9 Å². The highest BCUT2D eigenvalue weighted by Gasteiger charge is 2.11. The molecule has 1 amide bonds. The van der Waals surface area contributed by atoms with Crippen LogP contribution in [-0.4, -0.2) is 40.3 Å². The fourth-order valence-electron chi connectivity index (χ4n) is 2.50. The van der Waals surface area contributed by atoms with E-state index in [0.29, 0.717) is 21.4 Å². The maximum atomic E-state index is 12.3. The molecule has 154 valence electrons. The number of hydrogen-bond acceptors (Lipinski definition) is 7. The van der Waals surface area contributed by atoms with E-state index in [1.807, 2.05) is 31.2 Å². The Morgan fingerprint density at radius 3 is 2.40 bits per heavy atom. The number of nitrogens with zero attached hydrogens (tertiary/aromatic N) is 2. The van der Waals surface area contributed by atoms with Gasteiger partial charge < -0.3 is 10.1 Å². The Hall–Kier alpha value is -2.84. The van der Waals surface area contributed by atoms with Crippen LogP contribution in [0.4, 0.5) is 5.69 Å². The first kappa shape index (κ1) is 21.9. The predicted octanol–water partition coefficient (Wildman–Crippen LogP) is 4.50. The van der Waals surface area contributed by atoms with Crippen LogP contribution in [0.25, 0.3) is 0 Å². The summed E-state index contributed by atoms with van der Waals surface area (Å²) in [7, 11) is 1.60. The van der Waals surface area contributed by atoms with E-state index in [4.69, 9.17) is 4.74 Å². The summed E-state index contributed by atoms with van der Waals surface area (Å²) in [4.78, 5) is 33.4. The van der Waals surface area contributed by atoms with Gasteiger partial charge in [-0.25, -0.2) is 9.97 Å². The normalized spacial score (nSPS) is 10.5. The molecule has 8 heteroatoms. The SMILES string of the molecule is COc1ccc(NC(=O)CSc2cc(C)nc(SCC(=O)c3ccccc3)n2)cc1. The molecule has 0 aliphatic rings. The lowest BCUT2D eigenvalue weighted by molar-refractivity contribution is -0.113. The summed E-state index contributed by atoms with van der Waals surface area (Å²) in [6.07, 6.45) is 0. The van der Waals surface area contributed by atoms with Gasteiger partial charge >= 0.3 is 0 Å². The molecule has 2 aromatic carbocycles. The lowest BCUT2D eigenvalue weighted by Gasteiger charge is -2.07. The molecule has 1 heterocycles. The smallest absolute Gasteiger partial charge is 0.234 e. The molecule has 0 aliphatic heterocycles. The number of rotatable bonds is 9. The number of ketones is 1. The van der Waals surface area contributed by atoms with Crippen molar-refractivity contribution in [3.8, 4) is 5.75 Å². The molecule has 1 N–H and O–H groups in total. The number of Topliss-reactive ketones (excluding diaryl/α,β-unsaturated/α-hetero) is 1. The van der Waals surface area contributed by atoms with E-state index in [2.05, 4.69) is 15.3 Å². The van der Waals surface area contributed by atoms with Crippen LogP contribution in [0.3, 0.4) is 0 Å². The second-order valence-electron chi connectivity index (χ2n) is 6.27. The molecule has 0 saturated carbocycles. The third-order valence-electron chi connectivity index (χ3n) is 3.96. The van der Waals surface area contributed by atoms with Gasteiger partial charge in [-0.05, 0) is 37.3 Å². The fraction of sp³-hybridized carbons (Fsp3) is 0.182. The van der Waals surface area contributed by atoms with Crippen LogP contribution >= 0.6 is 23.5 Å². The van der Waals surface area contributed by atoms with Crippen LogP contribution in [0.2, 0.25) is 0 Å². The lowest BCUT2D eigenvalue weighted by atomic mass is 10.2. The van der Waals surface area contributed by atoms with Gasteiger partial charge in [0.15, 0.2) is 10.9 Å². The van der Waals surface area contributed by atoms with Crippen LogP contribution in [0.5, 0.6) is 5.75 Å². The molecule has 1 aromatic heterocycles. The van der Waals surface area contributed by atoms with Crippen molar-refractivity contribution in [3.63, 3.8) is 0 Å².